The number of carbonyl (C=O) groups excluding carboxylic acids is 3. The summed E-state index contributed by atoms with van der Waals surface area (Å²) in [5.41, 5.74) is -3.05. The number of rotatable bonds is 11. The molecule has 1 amide bonds. The first-order valence-corrected chi connectivity index (χ1v) is 15.0. The van der Waals surface area contributed by atoms with Crippen LogP contribution in [0.5, 0.6) is 5.75 Å². The Hall–Kier alpha value is -2.97. The van der Waals surface area contributed by atoms with Crippen LogP contribution in [0.4, 0.5) is 8.78 Å². The number of carbonyl (C=O) groups is 3. The Morgan fingerprint density at radius 3 is 2.53 bits per heavy atom. The number of fused-ring (bicyclic) bond motifs is 1. The summed E-state index contributed by atoms with van der Waals surface area (Å²) < 4.78 is 65.0. The first kappa shape index (κ1) is 32.9. The van der Waals surface area contributed by atoms with Gasteiger partial charge in [-0.05, 0) is 32.2 Å². The lowest BCUT2D eigenvalue weighted by Crippen LogP contribution is -2.53. The second kappa shape index (κ2) is 12.9. The van der Waals surface area contributed by atoms with E-state index in [1.165, 1.54) is 13.0 Å². The summed E-state index contributed by atoms with van der Waals surface area (Å²) in [6.07, 6.45) is -10.4. The van der Waals surface area contributed by atoms with Gasteiger partial charge < -0.3 is 24.2 Å². The zero-order chi connectivity index (χ0) is 31.7. The average Bonchev–Trinajstić information content (AvgIpc) is 3.20. The van der Waals surface area contributed by atoms with Crippen LogP contribution in [0.15, 0.2) is 53.7 Å². The number of aliphatic hydroxyl groups is 2. The third-order valence-corrected chi connectivity index (χ3v) is 8.62. The maximum absolute atomic E-state index is 14.6. The number of benzene rings is 2. The molecule has 12 nitrogen and oxygen atoms in total. The van der Waals surface area contributed by atoms with Crippen molar-refractivity contribution >= 4 is 47.8 Å². The summed E-state index contributed by atoms with van der Waals surface area (Å²) >= 11 is 5.81. The van der Waals surface area contributed by atoms with Gasteiger partial charge in [0, 0.05) is 11.6 Å². The number of halogens is 3. The number of ketones is 1. The third-order valence-electron chi connectivity index (χ3n) is 6.70. The van der Waals surface area contributed by atoms with Crippen LogP contribution in [0.2, 0.25) is 0 Å². The number of hydrogen-bond acceptors (Lipinski definition) is 10. The molecule has 0 spiro atoms. The number of alkyl halides is 2. The van der Waals surface area contributed by atoms with Gasteiger partial charge in [-0.15, -0.1) is 0 Å². The van der Waals surface area contributed by atoms with Crippen molar-refractivity contribution in [2.45, 2.75) is 69.8 Å². The standard InChI is InChI=1S/C27H30ClF2N2O10P/c1-14(2)40-25(37)15(3)31-43(38,42-20-10-6-8-16-7-4-5-9-17(16)20)39-13-27(26(29)30)23(36)22(35)24(41-27)32-12-18(28)19(33)11-21(32)34/h4-10,12,14-15,22-24,26,35-36H,11,13H2,1-3H3,(H,31,38)/t15-,22+,23+,24+,27+,43?/m0/s1. The van der Waals surface area contributed by atoms with E-state index in [1.807, 2.05) is 0 Å². The molecule has 16 heteroatoms. The van der Waals surface area contributed by atoms with Crippen LogP contribution in [-0.4, -0.2) is 82.0 Å². The molecular formula is C27H30ClF2N2O10P. The molecule has 43 heavy (non-hydrogen) atoms. The van der Waals surface area contributed by atoms with Crippen molar-refractivity contribution in [3.63, 3.8) is 0 Å². The first-order valence-electron chi connectivity index (χ1n) is 13.1. The van der Waals surface area contributed by atoms with E-state index in [1.54, 1.807) is 50.2 Å². The highest BCUT2D eigenvalue weighted by Crippen LogP contribution is 2.49. The predicted molar refractivity (Wildman–Crippen MR) is 148 cm³/mol. The van der Waals surface area contributed by atoms with E-state index >= 15 is 0 Å². The number of ether oxygens (including phenoxy) is 2. The van der Waals surface area contributed by atoms with Crippen molar-refractivity contribution in [1.29, 1.82) is 0 Å². The number of aliphatic hydroxyl groups excluding tert-OH is 2. The Balaban J connectivity index is 1.66. The van der Waals surface area contributed by atoms with E-state index in [-0.39, 0.29) is 5.75 Å². The highest BCUT2D eigenvalue weighted by Gasteiger charge is 2.63. The second-order valence-corrected chi connectivity index (χ2v) is 12.4. The Morgan fingerprint density at radius 2 is 1.86 bits per heavy atom. The maximum Gasteiger partial charge on any atom is 0.459 e. The molecule has 0 saturated carbocycles. The Bertz CT molecular complexity index is 1470. The molecule has 2 aliphatic rings. The minimum Gasteiger partial charge on any atom is -0.462 e. The van der Waals surface area contributed by atoms with Crippen LogP contribution in [0.3, 0.4) is 0 Å². The molecule has 3 N–H and O–H groups in total. The number of esters is 1. The van der Waals surface area contributed by atoms with Crippen LogP contribution in [0, 0.1) is 0 Å². The van der Waals surface area contributed by atoms with Crippen LogP contribution >= 0.6 is 19.3 Å². The smallest absolute Gasteiger partial charge is 0.459 e. The molecule has 0 radical (unpaired) electrons. The van der Waals surface area contributed by atoms with Crippen LogP contribution in [0.25, 0.3) is 10.8 Å². The van der Waals surface area contributed by atoms with E-state index in [9.17, 15) is 37.9 Å². The summed E-state index contributed by atoms with van der Waals surface area (Å²) in [5, 5.41) is 24.5. The fourth-order valence-electron chi connectivity index (χ4n) is 4.49. The summed E-state index contributed by atoms with van der Waals surface area (Å²) in [7, 11) is -4.78. The molecule has 0 aromatic heterocycles. The number of nitrogens with one attached hydrogen (secondary N) is 1. The molecule has 0 bridgehead atoms. The number of nitrogens with zero attached hydrogens (tertiary/aromatic N) is 1. The van der Waals surface area contributed by atoms with E-state index in [4.69, 9.17) is 30.1 Å². The van der Waals surface area contributed by atoms with Crippen molar-refractivity contribution in [2.75, 3.05) is 6.61 Å². The molecule has 1 unspecified atom stereocenters. The van der Waals surface area contributed by atoms with Crippen molar-refractivity contribution in [3.05, 3.63) is 53.7 Å². The highest BCUT2D eigenvalue weighted by atomic mass is 35.5. The lowest BCUT2D eigenvalue weighted by molar-refractivity contribution is -0.200. The van der Waals surface area contributed by atoms with Crippen molar-refractivity contribution < 1.29 is 56.5 Å². The highest BCUT2D eigenvalue weighted by molar-refractivity contribution is 7.52. The van der Waals surface area contributed by atoms with E-state index < -0.39 is 86.1 Å². The molecule has 6 atom stereocenters. The molecule has 4 rings (SSSR count). The Morgan fingerprint density at radius 1 is 1.19 bits per heavy atom. The Labute approximate surface area is 250 Å². The molecule has 2 aliphatic heterocycles. The van der Waals surface area contributed by atoms with Crippen molar-refractivity contribution in [1.82, 2.24) is 9.99 Å². The zero-order valence-electron chi connectivity index (χ0n) is 23.2. The quantitative estimate of drug-likeness (QED) is 0.187. The SMILES string of the molecule is CC(C)OC(=O)[C@H](C)NP(=O)(OC[C@@]1(C(F)F)O[C@@H](N2C=C(Cl)C(=O)CC2=O)[C@H](O)[C@H]1O)Oc1cccc2ccccc12. The second-order valence-electron chi connectivity index (χ2n) is 10.3. The van der Waals surface area contributed by atoms with Gasteiger partial charge in [-0.2, -0.15) is 5.09 Å². The van der Waals surface area contributed by atoms with Crippen LogP contribution < -0.4 is 9.61 Å². The van der Waals surface area contributed by atoms with E-state index in [2.05, 4.69) is 5.09 Å². The normalized spacial score (nSPS) is 26.5. The minimum atomic E-state index is -4.78. The molecule has 2 heterocycles. The number of hydrogen-bond donors (Lipinski definition) is 3. The van der Waals surface area contributed by atoms with Gasteiger partial charge in [0.25, 0.3) is 6.43 Å². The molecule has 1 fully saturated rings. The monoisotopic (exact) mass is 646 g/mol. The first-order chi connectivity index (χ1) is 20.2. The number of Topliss-reactive ketones (excluding diaryl/α,β-unsaturated/α-hetero) is 1. The zero-order valence-corrected chi connectivity index (χ0v) is 24.8. The molecule has 1 saturated heterocycles. The van der Waals surface area contributed by atoms with Gasteiger partial charge in [0.2, 0.25) is 5.91 Å². The average molecular weight is 647 g/mol. The van der Waals surface area contributed by atoms with Crippen LogP contribution in [-0.2, 0) is 32.9 Å². The molecule has 2 aromatic carbocycles. The van der Waals surface area contributed by atoms with Gasteiger partial charge in [-0.25, -0.2) is 13.3 Å². The summed E-state index contributed by atoms with van der Waals surface area (Å²) in [5.74, 6) is -2.50. The lowest BCUT2D eigenvalue weighted by atomic mass is 9.96. The molecule has 2 aromatic rings. The van der Waals surface area contributed by atoms with Gasteiger partial charge in [0.15, 0.2) is 17.6 Å². The minimum absolute atomic E-state index is 0.0126. The molecule has 234 valence electrons. The van der Waals surface area contributed by atoms with Gasteiger partial charge in [0.1, 0.15) is 29.0 Å². The van der Waals surface area contributed by atoms with Crippen molar-refractivity contribution in [2.24, 2.45) is 0 Å². The summed E-state index contributed by atoms with van der Waals surface area (Å²) in [4.78, 5) is 37.3. The van der Waals surface area contributed by atoms with E-state index in [0.717, 1.165) is 6.20 Å². The number of amides is 1. The summed E-state index contributed by atoms with van der Waals surface area (Å²) in [6, 6.07) is 10.3. The molecule has 0 aliphatic carbocycles. The Kier molecular flexibility index (Phi) is 9.92. The van der Waals surface area contributed by atoms with Gasteiger partial charge in [0.05, 0.1) is 19.1 Å². The fourth-order valence-corrected chi connectivity index (χ4v) is 6.21. The lowest BCUT2D eigenvalue weighted by Gasteiger charge is -2.34. The summed E-state index contributed by atoms with van der Waals surface area (Å²) in [6.45, 7) is 3.12. The van der Waals surface area contributed by atoms with E-state index in [0.29, 0.717) is 15.7 Å². The van der Waals surface area contributed by atoms with Gasteiger partial charge in [-0.1, -0.05) is 48.0 Å². The number of allylic oxidation sites excluding steroid dienone is 1. The third kappa shape index (κ3) is 6.91. The van der Waals surface area contributed by atoms with Crippen LogP contribution in [0.1, 0.15) is 27.2 Å². The fraction of sp³-hybridized carbons (Fsp3) is 0.444. The largest absolute Gasteiger partial charge is 0.462 e. The molecular weight excluding hydrogens is 617 g/mol. The van der Waals surface area contributed by atoms with Crippen molar-refractivity contribution in [3.8, 4) is 5.75 Å². The predicted octanol–water partition coefficient (Wildman–Crippen LogP) is 3.24. The topological polar surface area (TPSA) is 161 Å². The maximum atomic E-state index is 14.6. The van der Waals surface area contributed by atoms with Gasteiger partial charge >= 0.3 is 13.7 Å². The van der Waals surface area contributed by atoms with Gasteiger partial charge in [-0.3, -0.25) is 23.8 Å².